The van der Waals surface area contributed by atoms with Gasteiger partial charge in [-0.1, -0.05) is 42.5 Å². The van der Waals surface area contributed by atoms with Crippen molar-refractivity contribution in [1.82, 2.24) is 19.9 Å². The molecule has 0 saturated heterocycles. The third-order valence-corrected chi connectivity index (χ3v) is 5.49. The van der Waals surface area contributed by atoms with Crippen LogP contribution in [0.3, 0.4) is 0 Å². The molecule has 0 fully saturated rings. The lowest BCUT2D eigenvalue weighted by atomic mass is 9.96. The number of benzene rings is 2. The number of nitrogens with zero attached hydrogens (tertiary/aromatic N) is 3. The van der Waals surface area contributed by atoms with Crippen LogP contribution in [0.1, 0.15) is 0 Å². The van der Waals surface area contributed by atoms with Crippen LogP contribution < -0.4 is 5.43 Å². The topological polar surface area (TPSA) is 84.7 Å². The first-order valence-electron chi connectivity index (χ1n) is 10.1. The lowest BCUT2D eigenvalue weighted by Crippen LogP contribution is -2.08. The van der Waals surface area contributed by atoms with Gasteiger partial charge in [0, 0.05) is 28.9 Å². The smallest absolute Gasteiger partial charge is 0.231 e. The van der Waals surface area contributed by atoms with Crippen molar-refractivity contribution in [2.75, 3.05) is 0 Å². The van der Waals surface area contributed by atoms with Gasteiger partial charge < -0.3 is 9.40 Å². The van der Waals surface area contributed by atoms with Crippen LogP contribution in [0.15, 0.2) is 101 Å². The largest absolute Gasteiger partial charge is 0.444 e. The first kappa shape index (κ1) is 18.2. The summed E-state index contributed by atoms with van der Waals surface area (Å²) in [6.07, 6.45) is 6.34. The Bertz CT molecular complexity index is 1640. The Morgan fingerprint density at radius 1 is 0.812 bits per heavy atom. The highest BCUT2D eigenvalue weighted by atomic mass is 16.3. The maximum absolute atomic E-state index is 13.3. The number of hydrogen-bond donors (Lipinski definition) is 1. The number of aromatic nitrogens is 4. The van der Waals surface area contributed by atoms with E-state index in [1.165, 1.54) is 12.5 Å². The molecule has 0 spiro atoms. The van der Waals surface area contributed by atoms with Crippen molar-refractivity contribution in [2.24, 2.45) is 0 Å². The molecule has 6 heteroatoms. The highest BCUT2D eigenvalue weighted by Gasteiger charge is 2.17. The van der Waals surface area contributed by atoms with Crippen LogP contribution in [0, 0.1) is 0 Å². The number of rotatable bonds is 3. The highest BCUT2D eigenvalue weighted by Crippen LogP contribution is 2.34. The zero-order chi connectivity index (χ0) is 21.5. The van der Waals surface area contributed by atoms with Crippen molar-refractivity contribution in [3.05, 3.63) is 102 Å². The Kier molecular flexibility index (Phi) is 4.14. The highest BCUT2D eigenvalue weighted by molar-refractivity contribution is 5.94. The van der Waals surface area contributed by atoms with E-state index in [4.69, 9.17) is 9.40 Å². The van der Waals surface area contributed by atoms with Crippen LogP contribution in [0.5, 0.6) is 0 Å². The Balaban J connectivity index is 1.66. The fraction of sp³-hybridized carbons (Fsp3) is 0. The number of H-pyrrole nitrogens is 1. The standard InChI is InChI=1S/C26H16N4O2/c31-24-20-14-19(17-8-9-22-18(13-17)7-4-10-27-22)23(16-5-2-1-3-6-16)30-25(20)29-15-21(24)26-28-11-12-32-26/h1-15H,(H,29,30,31). The molecule has 0 saturated carbocycles. The van der Waals surface area contributed by atoms with Crippen LogP contribution in [0.2, 0.25) is 0 Å². The average Bonchev–Trinajstić information content (AvgIpc) is 3.39. The summed E-state index contributed by atoms with van der Waals surface area (Å²) in [5.74, 6) is 0.276. The molecule has 0 bridgehead atoms. The van der Waals surface area contributed by atoms with Gasteiger partial charge in [0.25, 0.3) is 0 Å². The van der Waals surface area contributed by atoms with E-state index in [-0.39, 0.29) is 11.3 Å². The van der Waals surface area contributed by atoms with E-state index in [9.17, 15) is 4.79 Å². The molecule has 2 aromatic carbocycles. The van der Waals surface area contributed by atoms with Crippen molar-refractivity contribution in [1.29, 1.82) is 0 Å². The molecule has 0 aliphatic carbocycles. The van der Waals surface area contributed by atoms with Gasteiger partial charge in [0.15, 0.2) is 0 Å². The fourth-order valence-corrected chi connectivity index (χ4v) is 3.94. The molecule has 0 unspecified atom stereocenters. The molecule has 0 radical (unpaired) electrons. The second-order valence-electron chi connectivity index (χ2n) is 7.43. The predicted molar refractivity (Wildman–Crippen MR) is 124 cm³/mol. The lowest BCUT2D eigenvalue weighted by Gasteiger charge is -2.12. The molecule has 0 aliphatic heterocycles. The van der Waals surface area contributed by atoms with E-state index < -0.39 is 0 Å². The molecule has 4 heterocycles. The fourth-order valence-electron chi connectivity index (χ4n) is 3.94. The number of oxazole rings is 1. The molecule has 0 amide bonds. The van der Waals surface area contributed by atoms with Crippen molar-refractivity contribution < 1.29 is 4.42 Å². The number of aromatic amines is 1. The van der Waals surface area contributed by atoms with E-state index in [1.54, 1.807) is 12.4 Å². The minimum absolute atomic E-state index is 0.183. The van der Waals surface area contributed by atoms with Crippen molar-refractivity contribution in [3.63, 3.8) is 0 Å². The molecule has 152 valence electrons. The maximum Gasteiger partial charge on any atom is 0.231 e. The SMILES string of the molecule is O=c1c(-c2ncco2)c[nH]c2nc(-c3ccccc3)c(-c3ccc4ncccc4c3)cc12. The van der Waals surface area contributed by atoms with Crippen LogP contribution in [-0.2, 0) is 0 Å². The Morgan fingerprint density at radius 2 is 1.72 bits per heavy atom. The predicted octanol–water partition coefficient (Wildman–Crippen LogP) is 5.46. The maximum atomic E-state index is 13.3. The monoisotopic (exact) mass is 416 g/mol. The third-order valence-electron chi connectivity index (χ3n) is 5.49. The number of pyridine rings is 3. The van der Waals surface area contributed by atoms with Gasteiger partial charge >= 0.3 is 0 Å². The van der Waals surface area contributed by atoms with Crippen molar-refractivity contribution in [2.45, 2.75) is 0 Å². The Morgan fingerprint density at radius 3 is 2.56 bits per heavy atom. The molecule has 6 aromatic rings. The summed E-state index contributed by atoms with van der Waals surface area (Å²) in [7, 11) is 0. The summed E-state index contributed by atoms with van der Waals surface area (Å²) in [5.41, 5.74) is 5.19. The molecule has 0 atom stereocenters. The summed E-state index contributed by atoms with van der Waals surface area (Å²) in [6.45, 7) is 0. The summed E-state index contributed by atoms with van der Waals surface area (Å²) >= 11 is 0. The second-order valence-corrected chi connectivity index (χ2v) is 7.43. The van der Waals surface area contributed by atoms with Gasteiger partial charge in [-0.3, -0.25) is 9.78 Å². The Labute approximate surface area is 182 Å². The van der Waals surface area contributed by atoms with E-state index in [2.05, 4.69) is 21.0 Å². The van der Waals surface area contributed by atoms with Crippen LogP contribution in [-0.4, -0.2) is 19.9 Å². The molecule has 1 N–H and O–H groups in total. The third kappa shape index (κ3) is 2.97. The molecule has 0 aliphatic rings. The summed E-state index contributed by atoms with van der Waals surface area (Å²) in [4.78, 5) is 29.8. The summed E-state index contributed by atoms with van der Waals surface area (Å²) < 4.78 is 5.35. The van der Waals surface area contributed by atoms with E-state index in [1.807, 2.05) is 60.7 Å². The van der Waals surface area contributed by atoms with Gasteiger partial charge in [-0.25, -0.2) is 9.97 Å². The van der Waals surface area contributed by atoms with Gasteiger partial charge in [-0.05, 0) is 29.8 Å². The molecule has 32 heavy (non-hydrogen) atoms. The van der Waals surface area contributed by atoms with Gasteiger partial charge in [-0.15, -0.1) is 0 Å². The summed E-state index contributed by atoms with van der Waals surface area (Å²) in [5, 5.41) is 1.49. The molecule has 6 nitrogen and oxygen atoms in total. The lowest BCUT2D eigenvalue weighted by molar-refractivity contribution is 0.574. The summed E-state index contributed by atoms with van der Waals surface area (Å²) in [6, 6.07) is 21.8. The van der Waals surface area contributed by atoms with E-state index >= 15 is 0 Å². The van der Waals surface area contributed by atoms with Crippen molar-refractivity contribution in [3.8, 4) is 33.8 Å². The molecular weight excluding hydrogens is 400 g/mol. The van der Waals surface area contributed by atoms with E-state index in [0.717, 1.165) is 33.3 Å². The zero-order valence-electron chi connectivity index (χ0n) is 16.8. The minimum Gasteiger partial charge on any atom is -0.444 e. The van der Waals surface area contributed by atoms with Gasteiger partial charge in [0.05, 0.1) is 22.8 Å². The minimum atomic E-state index is -0.183. The molecular formula is C26H16N4O2. The van der Waals surface area contributed by atoms with Gasteiger partial charge in [0.2, 0.25) is 11.3 Å². The van der Waals surface area contributed by atoms with Crippen LogP contribution in [0.25, 0.3) is 55.8 Å². The molecule has 6 rings (SSSR count). The normalized spacial score (nSPS) is 11.2. The average molecular weight is 416 g/mol. The Hall–Kier alpha value is -4.58. The van der Waals surface area contributed by atoms with Gasteiger partial charge in [0.1, 0.15) is 17.5 Å². The quantitative estimate of drug-likeness (QED) is 0.414. The second kappa shape index (κ2) is 7.28. The number of fused-ring (bicyclic) bond motifs is 2. The van der Waals surface area contributed by atoms with Gasteiger partial charge in [-0.2, -0.15) is 0 Å². The van der Waals surface area contributed by atoms with Crippen LogP contribution in [0.4, 0.5) is 0 Å². The zero-order valence-corrected chi connectivity index (χ0v) is 16.8. The van der Waals surface area contributed by atoms with Crippen LogP contribution >= 0.6 is 0 Å². The first-order chi connectivity index (χ1) is 15.8. The number of hydrogen-bond acceptors (Lipinski definition) is 5. The number of nitrogens with one attached hydrogen (secondary N) is 1. The first-order valence-corrected chi connectivity index (χ1v) is 10.1. The molecule has 4 aromatic heterocycles. The van der Waals surface area contributed by atoms with Crippen molar-refractivity contribution >= 4 is 21.9 Å². The van der Waals surface area contributed by atoms with E-state index in [0.29, 0.717) is 16.6 Å².